The van der Waals surface area contributed by atoms with Gasteiger partial charge >= 0.3 is 0 Å². The quantitative estimate of drug-likeness (QED) is 0.824. The van der Waals surface area contributed by atoms with E-state index < -0.39 is 0 Å². The van der Waals surface area contributed by atoms with E-state index in [9.17, 15) is 4.79 Å². The number of rotatable bonds is 4. The summed E-state index contributed by atoms with van der Waals surface area (Å²) in [5, 5.41) is 4.04. The monoisotopic (exact) mass is 379 g/mol. The summed E-state index contributed by atoms with van der Waals surface area (Å²) in [5.41, 5.74) is 1.74. The Kier molecular flexibility index (Phi) is 5.02. The van der Waals surface area contributed by atoms with Crippen molar-refractivity contribution in [2.75, 3.05) is 13.2 Å². The molecule has 2 aromatic heterocycles. The maximum atomic E-state index is 12.7. The number of aromatic nitrogens is 2. The Morgan fingerprint density at radius 3 is 2.96 bits per heavy atom. The highest BCUT2D eigenvalue weighted by Crippen LogP contribution is 2.27. The van der Waals surface area contributed by atoms with Crippen LogP contribution in [0.4, 0.5) is 0 Å². The number of nitrogens with one attached hydrogen (secondary N) is 1. The first-order chi connectivity index (χ1) is 11.1. The fourth-order valence-corrected chi connectivity index (χ4v) is 3.29. The van der Waals surface area contributed by atoms with Crippen LogP contribution in [0.25, 0.3) is 10.9 Å². The molecule has 0 saturated carbocycles. The first kappa shape index (κ1) is 16.5. The highest BCUT2D eigenvalue weighted by molar-refractivity contribution is 9.10. The first-order valence-electron chi connectivity index (χ1n) is 8.14. The lowest BCUT2D eigenvalue weighted by atomic mass is 10.1. The van der Waals surface area contributed by atoms with Gasteiger partial charge in [0.2, 0.25) is 0 Å². The second-order valence-corrected chi connectivity index (χ2v) is 6.90. The third kappa shape index (κ3) is 3.43. The number of hydrogen-bond acceptors (Lipinski definition) is 3. The lowest BCUT2D eigenvalue weighted by Crippen LogP contribution is -2.38. The molecule has 5 nitrogen and oxygen atoms in total. The minimum atomic E-state index is -0.0203. The Balaban J connectivity index is 1.94. The summed E-state index contributed by atoms with van der Waals surface area (Å²) >= 11 is 3.42. The van der Waals surface area contributed by atoms with Crippen LogP contribution in [0.3, 0.4) is 0 Å². The molecule has 6 heteroatoms. The van der Waals surface area contributed by atoms with Crippen molar-refractivity contribution in [2.45, 2.75) is 45.2 Å². The molecule has 1 fully saturated rings. The summed E-state index contributed by atoms with van der Waals surface area (Å²) in [4.78, 5) is 17.0. The van der Waals surface area contributed by atoms with Crippen molar-refractivity contribution in [2.24, 2.45) is 0 Å². The third-order valence-corrected chi connectivity index (χ3v) is 4.99. The van der Waals surface area contributed by atoms with Crippen LogP contribution in [-0.4, -0.2) is 34.7 Å². The van der Waals surface area contributed by atoms with Crippen LogP contribution >= 0.6 is 15.9 Å². The van der Waals surface area contributed by atoms with Gasteiger partial charge in [-0.2, -0.15) is 0 Å². The van der Waals surface area contributed by atoms with Gasteiger partial charge in [-0.1, -0.05) is 6.92 Å². The number of nitrogens with zero attached hydrogens (tertiary/aromatic N) is 2. The summed E-state index contributed by atoms with van der Waals surface area (Å²) in [6.45, 7) is 5.74. The fourth-order valence-electron chi connectivity index (χ4n) is 2.97. The van der Waals surface area contributed by atoms with Crippen LogP contribution in [0.15, 0.2) is 23.1 Å². The normalized spacial score (nSPS) is 17.3. The number of ether oxygens (including phenoxy) is 1. The maximum Gasteiger partial charge on any atom is 0.253 e. The molecule has 0 bridgehead atoms. The smallest absolute Gasteiger partial charge is 0.253 e. The highest BCUT2D eigenvalue weighted by atomic mass is 79.9. The van der Waals surface area contributed by atoms with Gasteiger partial charge in [-0.05, 0) is 48.2 Å². The molecule has 1 aliphatic rings. The Labute approximate surface area is 144 Å². The van der Waals surface area contributed by atoms with Gasteiger partial charge in [-0.3, -0.25) is 4.79 Å². The van der Waals surface area contributed by atoms with Crippen molar-refractivity contribution in [1.29, 1.82) is 0 Å². The van der Waals surface area contributed by atoms with Crippen LogP contribution in [0.5, 0.6) is 0 Å². The molecular formula is C17H22BrN3O2. The van der Waals surface area contributed by atoms with Crippen molar-refractivity contribution >= 4 is 32.7 Å². The summed E-state index contributed by atoms with van der Waals surface area (Å²) in [7, 11) is 0. The number of carbonyl (C=O) groups excluding carboxylic acids is 1. The second-order valence-electron chi connectivity index (χ2n) is 6.09. The average Bonchev–Trinajstić information content (AvgIpc) is 2.93. The topological polar surface area (TPSA) is 56.2 Å². The zero-order chi connectivity index (χ0) is 16.4. The van der Waals surface area contributed by atoms with Crippen molar-refractivity contribution in [3.05, 3.63) is 28.6 Å². The van der Waals surface area contributed by atoms with E-state index in [1.807, 2.05) is 12.3 Å². The average molecular weight is 380 g/mol. The van der Waals surface area contributed by atoms with Gasteiger partial charge in [0, 0.05) is 43.1 Å². The third-order valence-electron chi connectivity index (χ3n) is 4.55. The summed E-state index contributed by atoms with van der Waals surface area (Å²) in [6.07, 6.45) is 6.49. The zero-order valence-corrected chi connectivity index (χ0v) is 15.1. The summed E-state index contributed by atoms with van der Waals surface area (Å²) < 4.78 is 8.30. The Morgan fingerprint density at radius 2 is 2.26 bits per heavy atom. The number of amides is 1. The second kappa shape index (κ2) is 7.01. The molecule has 1 atom stereocenters. The van der Waals surface area contributed by atoms with Gasteiger partial charge < -0.3 is 14.6 Å². The van der Waals surface area contributed by atoms with Crippen LogP contribution in [0, 0.1) is 0 Å². The van der Waals surface area contributed by atoms with Gasteiger partial charge in [-0.15, -0.1) is 0 Å². The van der Waals surface area contributed by atoms with E-state index in [1.54, 1.807) is 6.20 Å². The first-order valence-corrected chi connectivity index (χ1v) is 8.94. The standard InChI is InChI=1S/C17H22BrN3O2/c1-3-11(2)21-10-14(13-9-19-16(18)8-15(13)21)17(22)20-12-4-6-23-7-5-12/h8-12H,3-7H2,1-2H3,(H,20,22). The number of fused-ring (bicyclic) bond motifs is 1. The predicted molar refractivity (Wildman–Crippen MR) is 93.7 cm³/mol. The fraction of sp³-hybridized carbons (Fsp3) is 0.529. The predicted octanol–water partition coefficient (Wildman–Crippen LogP) is 3.68. The Morgan fingerprint density at radius 1 is 1.52 bits per heavy atom. The number of carbonyl (C=O) groups is 1. The van der Waals surface area contributed by atoms with Gasteiger partial charge in [0.1, 0.15) is 4.60 Å². The molecule has 124 valence electrons. The van der Waals surface area contributed by atoms with E-state index >= 15 is 0 Å². The molecule has 3 heterocycles. The highest BCUT2D eigenvalue weighted by Gasteiger charge is 2.21. The summed E-state index contributed by atoms with van der Waals surface area (Å²) in [6, 6.07) is 2.50. The Hall–Kier alpha value is -1.40. The van der Waals surface area contributed by atoms with Crippen molar-refractivity contribution in [3.8, 4) is 0 Å². The van der Waals surface area contributed by atoms with Gasteiger partial charge in [0.15, 0.2) is 0 Å². The molecule has 1 saturated heterocycles. The van der Waals surface area contributed by atoms with Crippen molar-refractivity contribution in [3.63, 3.8) is 0 Å². The minimum absolute atomic E-state index is 0.0203. The van der Waals surface area contributed by atoms with E-state index in [-0.39, 0.29) is 11.9 Å². The van der Waals surface area contributed by atoms with Crippen LogP contribution < -0.4 is 5.32 Å². The Bertz CT molecular complexity index is 707. The molecule has 1 aliphatic heterocycles. The van der Waals surface area contributed by atoms with Gasteiger partial charge in [0.25, 0.3) is 5.91 Å². The van der Waals surface area contributed by atoms with Crippen LogP contribution in [-0.2, 0) is 4.74 Å². The van der Waals surface area contributed by atoms with Gasteiger partial charge in [0.05, 0.1) is 11.1 Å². The molecule has 0 spiro atoms. The van der Waals surface area contributed by atoms with Crippen molar-refractivity contribution in [1.82, 2.24) is 14.9 Å². The molecular weight excluding hydrogens is 358 g/mol. The molecule has 1 unspecified atom stereocenters. The number of pyridine rings is 1. The molecule has 23 heavy (non-hydrogen) atoms. The molecule has 0 aliphatic carbocycles. The molecule has 1 amide bonds. The van der Waals surface area contributed by atoms with E-state index in [0.717, 1.165) is 34.8 Å². The zero-order valence-electron chi connectivity index (χ0n) is 13.5. The number of halogens is 1. The molecule has 0 radical (unpaired) electrons. The molecule has 1 N–H and O–H groups in total. The van der Waals surface area contributed by atoms with Gasteiger partial charge in [-0.25, -0.2) is 4.98 Å². The van der Waals surface area contributed by atoms with E-state index in [1.165, 1.54) is 0 Å². The lowest BCUT2D eigenvalue weighted by Gasteiger charge is -2.22. The van der Waals surface area contributed by atoms with Crippen molar-refractivity contribution < 1.29 is 9.53 Å². The van der Waals surface area contributed by atoms with E-state index in [0.29, 0.717) is 24.8 Å². The largest absolute Gasteiger partial charge is 0.381 e. The minimum Gasteiger partial charge on any atom is -0.381 e. The summed E-state index contributed by atoms with van der Waals surface area (Å²) in [5.74, 6) is -0.0203. The van der Waals surface area contributed by atoms with E-state index in [2.05, 4.69) is 44.6 Å². The molecule has 2 aromatic rings. The lowest BCUT2D eigenvalue weighted by molar-refractivity contribution is 0.0697. The van der Waals surface area contributed by atoms with Crippen LogP contribution in [0.1, 0.15) is 49.5 Å². The number of hydrogen-bond donors (Lipinski definition) is 1. The SMILES string of the molecule is CCC(C)n1cc(C(=O)NC2CCOCC2)c2cnc(Br)cc21. The van der Waals surface area contributed by atoms with Crippen LogP contribution in [0.2, 0.25) is 0 Å². The van der Waals surface area contributed by atoms with E-state index in [4.69, 9.17) is 4.74 Å². The maximum absolute atomic E-state index is 12.7. The molecule has 0 aromatic carbocycles. The molecule has 3 rings (SSSR count).